The molecule has 114 valence electrons. The van der Waals surface area contributed by atoms with Crippen LogP contribution in [0.25, 0.3) is 0 Å². The van der Waals surface area contributed by atoms with E-state index in [-0.39, 0.29) is 16.6 Å². The van der Waals surface area contributed by atoms with Gasteiger partial charge in [0, 0.05) is 40.3 Å². The summed E-state index contributed by atoms with van der Waals surface area (Å²) in [7, 11) is 2.60. The number of rotatable bonds is 6. The van der Waals surface area contributed by atoms with Crippen molar-refractivity contribution in [3.8, 4) is 0 Å². The molecule has 1 rings (SSSR count). The summed E-state index contributed by atoms with van der Waals surface area (Å²) < 4.78 is 30.2. The molecule has 0 aliphatic carbocycles. The first-order valence-corrected chi connectivity index (χ1v) is 7.58. The van der Waals surface area contributed by atoms with E-state index in [0.717, 1.165) is 4.31 Å². The van der Waals surface area contributed by atoms with Crippen LogP contribution in [0.4, 0.5) is 0 Å². The van der Waals surface area contributed by atoms with E-state index in [1.165, 1.54) is 25.1 Å². The molecule has 1 N–H and O–H groups in total. The summed E-state index contributed by atoms with van der Waals surface area (Å²) in [6.45, 7) is 2.76. The van der Waals surface area contributed by atoms with Crippen LogP contribution in [0, 0.1) is 6.92 Å². The molecule has 1 heterocycles. The highest BCUT2D eigenvalue weighted by atomic mass is 32.2. The Morgan fingerprint density at radius 3 is 2.45 bits per heavy atom. The van der Waals surface area contributed by atoms with Crippen molar-refractivity contribution in [2.24, 2.45) is 0 Å². The van der Waals surface area contributed by atoms with Crippen LogP contribution >= 0.6 is 0 Å². The zero-order valence-electron chi connectivity index (χ0n) is 12.4. The summed E-state index contributed by atoms with van der Waals surface area (Å²) in [4.78, 5) is 13.7. The minimum Gasteiger partial charge on any atom is -0.448 e. The summed E-state index contributed by atoms with van der Waals surface area (Å²) in [6, 6.07) is 1.28. The average Bonchev–Trinajstić information content (AvgIpc) is 2.77. The van der Waals surface area contributed by atoms with Gasteiger partial charge in [-0.15, -0.1) is 0 Å². The highest BCUT2D eigenvalue weighted by Gasteiger charge is 2.26. The van der Waals surface area contributed by atoms with Gasteiger partial charge >= 0.3 is 0 Å². The van der Waals surface area contributed by atoms with E-state index in [0.29, 0.717) is 18.8 Å². The minimum absolute atomic E-state index is 0.217. The van der Waals surface area contributed by atoms with Gasteiger partial charge in [-0.1, -0.05) is 0 Å². The van der Waals surface area contributed by atoms with Crippen LogP contribution in [-0.4, -0.2) is 64.8 Å². The van der Waals surface area contributed by atoms with E-state index in [1.807, 2.05) is 0 Å². The maximum atomic E-state index is 12.2. The standard InChI is InChI=1S/C12H21N3O4S/c1-9-10(12(16)15(5)7-6-13-2)8-11(19-9)20(17,18)14(3)4/h8,13H,6-7H2,1-5H3. The topological polar surface area (TPSA) is 82.9 Å². The fourth-order valence-corrected chi connectivity index (χ4v) is 2.42. The Labute approximate surface area is 119 Å². The minimum atomic E-state index is -3.67. The molecule has 0 saturated heterocycles. The molecule has 1 aromatic heterocycles. The SMILES string of the molecule is CNCCN(C)C(=O)c1cc(S(=O)(=O)N(C)C)oc1C. The molecule has 0 aliphatic heterocycles. The number of hydrogen-bond donors (Lipinski definition) is 1. The van der Waals surface area contributed by atoms with Crippen LogP contribution in [0.5, 0.6) is 0 Å². The number of amides is 1. The average molecular weight is 303 g/mol. The molecule has 0 fully saturated rings. The molecule has 0 spiro atoms. The molecule has 0 bridgehead atoms. The summed E-state index contributed by atoms with van der Waals surface area (Å²) in [5, 5.41) is 2.73. The number of hydrogen-bond acceptors (Lipinski definition) is 5. The maximum Gasteiger partial charge on any atom is 0.275 e. The van der Waals surface area contributed by atoms with Crippen molar-refractivity contribution in [3.63, 3.8) is 0 Å². The molecular weight excluding hydrogens is 282 g/mol. The molecule has 0 atom stereocenters. The third kappa shape index (κ3) is 3.38. The lowest BCUT2D eigenvalue weighted by molar-refractivity contribution is 0.0795. The van der Waals surface area contributed by atoms with Crippen molar-refractivity contribution in [2.45, 2.75) is 12.0 Å². The van der Waals surface area contributed by atoms with Crippen molar-refractivity contribution in [3.05, 3.63) is 17.4 Å². The van der Waals surface area contributed by atoms with Gasteiger partial charge in [0.2, 0.25) is 5.09 Å². The molecule has 0 radical (unpaired) electrons. The number of furan rings is 1. The quantitative estimate of drug-likeness (QED) is 0.807. The van der Waals surface area contributed by atoms with E-state index >= 15 is 0 Å². The third-order valence-corrected chi connectivity index (χ3v) is 4.58. The number of nitrogens with one attached hydrogen (secondary N) is 1. The summed E-state index contributed by atoms with van der Waals surface area (Å²) in [5.74, 6) is 0.0356. The van der Waals surface area contributed by atoms with Crippen LogP contribution in [-0.2, 0) is 10.0 Å². The number of nitrogens with zero attached hydrogens (tertiary/aromatic N) is 2. The van der Waals surface area contributed by atoms with E-state index in [2.05, 4.69) is 5.32 Å². The molecule has 0 aliphatic rings. The van der Waals surface area contributed by atoms with Gasteiger partial charge in [-0.3, -0.25) is 4.79 Å². The van der Waals surface area contributed by atoms with E-state index in [9.17, 15) is 13.2 Å². The normalized spacial score (nSPS) is 11.9. The van der Waals surface area contributed by atoms with Crippen molar-refractivity contribution >= 4 is 15.9 Å². The fourth-order valence-electron chi connectivity index (χ4n) is 1.56. The number of carbonyl (C=O) groups excluding carboxylic acids is 1. The Balaban J connectivity index is 3.05. The lowest BCUT2D eigenvalue weighted by atomic mass is 10.2. The summed E-state index contributed by atoms with van der Waals surface area (Å²) in [5.41, 5.74) is 0.268. The van der Waals surface area contributed by atoms with Crippen LogP contribution in [0.2, 0.25) is 0 Å². The highest BCUT2D eigenvalue weighted by molar-refractivity contribution is 7.88. The molecule has 0 aromatic carbocycles. The Bertz CT molecular complexity index is 578. The van der Waals surface area contributed by atoms with Crippen molar-refractivity contribution in [1.82, 2.24) is 14.5 Å². The van der Waals surface area contributed by atoms with Gasteiger partial charge in [0.15, 0.2) is 0 Å². The largest absolute Gasteiger partial charge is 0.448 e. The number of likely N-dealkylation sites (N-methyl/N-ethyl adjacent to an activating group) is 2. The number of aryl methyl sites for hydroxylation is 1. The zero-order valence-corrected chi connectivity index (χ0v) is 13.2. The molecular formula is C12H21N3O4S. The lowest BCUT2D eigenvalue weighted by Crippen LogP contribution is -2.32. The fraction of sp³-hybridized carbons (Fsp3) is 0.583. The van der Waals surface area contributed by atoms with Crippen molar-refractivity contribution in [1.29, 1.82) is 0 Å². The van der Waals surface area contributed by atoms with Crippen molar-refractivity contribution < 1.29 is 17.6 Å². The van der Waals surface area contributed by atoms with Crippen LogP contribution in [0.15, 0.2) is 15.6 Å². The van der Waals surface area contributed by atoms with Gasteiger partial charge in [0.1, 0.15) is 5.76 Å². The Kier molecular flexibility index (Phi) is 5.32. The van der Waals surface area contributed by atoms with Crippen LogP contribution in [0.1, 0.15) is 16.1 Å². The molecule has 0 saturated carbocycles. The lowest BCUT2D eigenvalue weighted by Gasteiger charge is -2.16. The molecule has 8 heteroatoms. The zero-order chi connectivity index (χ0) is 15.5. The molecule has 1 amide bonds. The first kappa shape index (κ1) is 16.7. The second-order valence-corrected chi connectivity index (χ2v) is 6.74. The Hall–Kier alpha value is -1.38. The number of sulfonamides is 1. The smallest absolute Gasteiger partial charge is 0.275 e. The molecule has 0 unspecified atom stereocenters. The second-order valence-electron chi connectivity index (χ2n) is 4.65. The summed E-state index contributed by atoms with van der Waals surface area (Å²) in [6.07, 6.45) is 0. The van der Waals surface area contributed by atoms with Gasteiger partial charge in [-0.2, -0.15) is 0 Å². The van der Waals surface area contributed by atoms with Crippen LogP contribution < -0.4 is 5.32 Å². The Morgan fingerprint density at radius 2 is 1.95 bits per heavy atom. The first-order chi connectivity index (χ1) is 9.21. The van der Waals surface area contributed by atoms with Crippen LogP contribution in [0.3, 0.4) is 0 Å². The predicted octanol–water partition coefficient (Wildman–Crippen LogP) is 0.130. The van der Waals surface area contributed by atoms with E-state index < -0.39 is 10.0 Å². The molecule has 1 aromatic rings. The van der Waals surface area contributed by atoms with Gasteiger partial charge in [0.25, 0.3) is 15.9 Å². The summed E-state index contributed by atoms with van der Waals surface area (Å²) >= 11 is 0. The first-order valence-electron chi connectivity index (χ1n) is 6.14. The predicted molar refractivity (Wildman–Crippen MR) is 75.2 cm³/mol. The molecule has 7 nitrogen and oxygen atoms in total. The number of carbonyl (C=O) groups is 1. The van der Waals surface area contributed by atoms with Gasteiger partial charge < -0.3 is 14.6 Å². The highest BCUT2D eigenvalue weighted by Crippen LogP contribution is 2.22. The van der Waals surface area contributed by atoms with Gasteiger partial charge in [-0.25, -0.2) is 12.7 Å². The molecule has 20 heavy (non-hydrogen) atoms. The third-order valence-electron chi connectivity index (χ3n) is 2.90. The van der Waals surface area contributed by atoms with Gasteiger partial charge in [0.05, 0.1) is 5.56 Å². The second kappa shape index (κ2) is 6.38. The van der Waals surface area contributed by atoms with Crippen molar-refractivity contribution in [2.75, 3.05) is 41.3 Å². The Morgan fingerprint density at radius 1 is 1.35 bits per heavy atom. The van der Waals surface area contributed by atoms with E-state index in [4.69, 9.17) is 4.42 Å². The maximum absolute atomic E-state index is 12.2. The van der Waals surface area contributed by atoms with E-state index in [1.54, 1.807) is 21.0 Å². The monoisotopic (exact) mass is 303 g/mol. The van der Waals surface area contributed by atoms with Gasteiger partial charge in [-0.05, 0) is 14.0 Å².